The lowest BCUT2D eigenvalue weighted by Gasteiger charge is -2.39. The Hall–Kier alpha value is -0.400. The fraction of sp³-hybridized carbons (Fsp3) is 0.812. The van der Waals surface area contributed by atoms with Gasteiger partial charge < -0.3 is 0 Å². The Morgan fingerprint density at radius 1 is 0.913 bits per heavy atom. The first-order valence-electron chi connectivity index (χ1n) is 8.78. The van der Waals surface area contributed by atoms with Gasteiger partial charge in [0, 0.05) is 27.2 Å². The van der Waals surface area contributed by atoms with Gasteiger partial charge in [0.2, 0.25) is 0 Å². The molecule has 0 saturated carbocycles. The van der Waals surface area contributed by atoms with E-state index in [1.165, 1.54) is 50.1 Å². The summed E-state index contributed by atoms with van der Waals surface area (Å²) in [7, 11) is 4.10. The Morgan fingerprint density at radius 3 is 2.00 bits per heavy atom. The maximum Gasteiger partial charge on any atom is 0.188 e. The second kappa shape index (κ2) is 7.23. The molecule has 0 aromatic carbocycles. The van der Waals surface area contributed by atoms with Gasteiger partial charge in [-0.2, -0.15) is 0 Å². The Labute approximate surface area is 154 Å². The fourth-order valence-corrected chi connectivity index (χ4v) is 6.63. The summed E-state index contributed by atoms with van der Waals surface area (Å²) in [5.74, 6) is 0.671. The molecule has 3 aliphatic heterocycles. The van der Waals surface area contributed by atoms with Gasteiger partial charge in [0.25, 0.3) is 0 Å². The lowest BCUT2D eigenvalue weighted by atomic mass is 9.97. The number of unbranched alkanes of at least 4 members (excludes halogenated alkanes) is 5. The van der Waals surface area contributed by atoms with Crippen LogP contribution in [0, 0.1) is 5.92 Å². The number of thiocarbonyl (C=S) groups is 2. The lowest BCUT2D eigenvalue weighted by molar-refractivity contribution is 0.284. The van der Waals surface area contributed by atoms with Crippen LogP contribution in [0.1, 0.15) is 51.9 Å². The molecule has 0 aromatic rings. The van der Waals surface area contributed by atoms with E-state index >= 15 is 0 Å². The molecular weight excluding hydrogens is 344 g/mol. The molecule has 3 heterocycles. The van der Waals surface area contributed by atoms with Crippen LogP contribution in [0.25, 0.3) is 0 Å². The Kier molecular flexibility index (Phi) is 5.48. The van der Waals surface area contributed by atoms with Gasteiger partial charge in [-0.3, -0.25) is 18.4 Å². The summed E-state index contributed by atoms with van der Waals surface area (Å²) in [5, 5.41) is 3.26. The summed E-state index contributed by atoms with van der Waals surface area (Å²) in [6.07, 6.45) is 9.48. The Balaban J connectivity index is 1.59. The van der Waals surface area contributed by atoms with Crippen LogP contribution in [0.4, 0.5) is 0 Å². The average molecular weight is 373 g/mol. The quantitative estimate of drug-likeness (QED) is 0.496. The third-order valence-electron chi connectivity index (χ3n) is 4.99. The second-order valence-electron chi connectivity index (χ2n) is 6.75. The molecule has 3 rings (SSSR count). The van der Waals surface area contributed by atoms with Crippen molar-refractivity contribution in [3.8, 4) is 0 Å². The summed E-state index contributed by atoms with van der Waals surface area (Å²) < 4.78 is 4.42. The first-order chi connectivity index (χ1) is 11.1. The first-order valence-corrected chi connectivity index (χ1v) is 10.7. The minimum atomic E-state index is -0.0997. The van der Waals surface area contributed by atoms with Gasteiger partial charge in [0.1, 0.15) is 0 Å². The largest absolute Gasteiger partial charge is 0.296 e. The minimum absolute atomic E-state index is 0.0997. The third kappa shape index (κ3) is 3.12. The molecule has 0 N–H and O–H groups in total. The van der Waals surface area contributed by atoms with E-state index in [0.29, 0.717) is 5.92 Å². The number of nitrogens with zero attached hydrogens (tertiary/aromatic N) is 4. The summed E-state index contributed by atoms with van der Waals surface area (Å²) >= 11 is 11.3. The van der Waals surface area contributed by atoms with Gasteiger partial charge in [-0.15, -0.1) is 0 Å². The highest BCUT2D eigenvalue weighted by molar-refractivity contribution is 8.14. The number of rotatable bonds is 7. The van der Waals surface area contributed by atoms with Crippen molar-refractivity contribution in [1.29, 1.82) is 0 Å². The van der Waals surface area contributed by atoms with Crippen LogP contribution in [-0.2, 0) is 0 Å². The molecule has 1 saturated heterocycles. The Morgan fingerprint density at radius 2 is 1.43 bits per heavy atom. The van der Waals surface area contributed by atoms with Crippen molar-refractivity contribution in [3.05, 3.63) is 0 Å². The highest BCUT2D eigenvalue weighted by Gasteiger charge is 2.48. The Bertz CT molecular complexity index is 497. The van der Waals surface area contributed by atoms with Gasteiger partial charge in [-0.25, -0.2) is 0 Å². The highest BCUT2D eigenvalue weighted by atomic mass is 32.2. The molecule has 0 aromatic heterocycles. The topological polar surface area (TPSA) is 13.0 Å². The molecule has 7 heteroatoms. The van der Waals surface area contributed by atoms with E-state index in [2.05, 4.69) is 39.4 Å². The van der Waals surface area contributed by atoms with Crippen molar-refractivity contribution >= 4 is 50.6 Å². The van der Waals surface area contributed by atoms with Crippen LogP contribution in [0.15, 0.2) is 0 Å². The third-order valence-corrected chi connectivity index (χ3v) is 8.36. The summed E-state index contributed by atoms with van der Waals surface area (Å²) in [4.78, 5) is 4.69. The zero-order valence-corrected chi connectivity index (χ0v) is 16.9. The van der Waals surface area contributed by atoms with Crippen molar-refractivity contribution in [2.75, 3.05) is 27.2 Å². The molecule has 0 spiro atoms. The van der Waals surface area contributed by atoms with Crippen molar-refractivity contribution in [1.82, 2.24) is 18.4 Å². The molecule has 0 unspecified atom stereocenters. The smallest absolute Gasteiger partial charge is 0.188 e. The maximum atomic E-state index is 5.67. The number of hydrogen-bond acceptors (Lipinski definition) is 2. The van der Waals surface area contributed by atoms with Crippen LogP contribution in [0.5, 0.6) is 0 Å². The van der Waals surface area contributed by atoms with E-state index in [1.807, 2.05) is 0 Å². The molecule has 0 radical (unpaired) electrons. The highest BCUT2D eigenvalue weighted by Crippen LogP contribution is 2.43. The van der Waals surface area contributed by atoms with E-state index in [1.54, 1.807) is 0 Å². The molecule has 0 amide bonds. The second-order valence-corrected chi connectivity index (χ2v) is 9.47. The van der Waals surface area contributed by atoms with Gasteiger partial charge in [0.05, 0.1) is 10.9 Å². The van der Waals surface area contributed by atoms with E-state index in [-0.39, 0.29) is 10.9 Å². The maximum absolute atomic E-state index is 5.67. The predicted molar refractivity (Wildman–Crippen MR) is 108 cm³/mol. The molecule has 1 fully saturated rings. The zero-order valence-electron chi connectivity index (χ0n) is 14.5. The summed E-state index contributed by atoms with van der Waals surface area (Å²) in [6, 6.07) is 0. The van der Waals surface area contributed by atoms with Gasteiger partial charge in [0.15, 0.2) is 15.3 Å². The molecular formula is C16H28N4S3. The van der Waals surface area contributed by atoms with Gasteiger partial charge in [-0.05, 0) is 36.8 Å². The molecule has 0 bridgehead atoms. The van der Waals surface area contributed by atoms with Crippen molar-refractivity contribution in [2.45, 2.75) is 51.9 Å². The molecule has 4 nitrogen and oxygen atoms in total. The zero-order chi connectivity index (χ0) is 16.6. The molecule has 23 heavy (non-hydrogen) atoms. The molecule has 130 valence electrons. The standard InChI is InChI=1S/C16H28N4S3/c1-4-5-6-7-8-9-10-13-11-19-14(21)17(2)23-16(19)20(12-13)15(22)18(23)3/h13H,4-12H2,1-3H3. The van der Waals surface area contributed by atoms with Crippen LogP contribution in [0.2, 0.25) is 0 Å². The van der Waals surface area contributed by atoms with E-state index in [0.717, 1.165) is 23.3 Å². The van der Waals surface area contributed by atoms with E-state index in [4.69, 9.17) is 24.4 Å². The van der Waals surface area contributed by atoms with Crippen LogP contribution in [-0.4, -0.2) is 60.9 Å². The van der Waals surface area contributed by atoms with Crippen molar-refractivity contribution in [3.63, 3.8) is 0 Å². The first kappa shape index (κ1) is 17.4. The predicted octanol–water partition coefficient (Wildman–Crippen LogP) is 3.62. The van der Waals surface area contributed by atoms with Gasteiger partial charge in [-0.1, -0.05) is 45.4 Å². The SMILES string of the molecule is CCCCCCCCC1CN2C(=S)N(C)S3=C2N(C1)C(=S)N3C. The summed E-state index contributed by atoms with van der Waals surface area (Å²) in [6.45, 7) is 4.42. The average Bonchev–Trinajstić information content (AvgIpc) is 2.95. The van der Waals surface area contributed by atoms with Gasteiger partial charge >= 0.3 is 0 Å². The molecule has 0 aliphatic carbocycles. The van der Waals surface area contributed by atoms with Crippen molar-refractivity contribution in [2.24, 2.45) is 5.92 Å². The normalized spacial score (nSPS) is 22.0. The summed E-state index contributed by atoms with van der Waals surface area (Å²) in [5.41, 5.74) is 0. The van der Waals surface area contributed by atoms with Crippen LogP contribution < -0.4 is 0 Å². The number of hydrogen-bond donors (Lipinski definition) is 0. The minimum Gasteiger partial charge on any atom is -0.296 e. The molecule has 0 atom stereocenters. The van der Waals surface area contributed by atoms with Crippen LogP contribution >= 0.6 is 35.3 Å². The fourth-order valence-electron chi connectivity index (χ4n) is 3.71. The van der Waals surface area contributed by atoms with Crippen LogP contribution in [0.3, 0.4) is 0 Å². The monoisotopic (exact) mass is 372 g/mol. The van der Waals surface area contributed by atoms with Crippen molar-refractivity contribution < 1.29 is 0 Å². The van der Waals surface area contributed by atoms with E-state index < -0.39 is 0 Å². The van der Waals surface area contributed by atoms with E-state index in [9.17, 15) is 0 Å². The lowest BCUT2D eigenvalue weighted by Crippen LogP contribution is -2.55. The molecule has 3 aliphatic rings.